The fourth-order valence-electron chi connectivity index (χ4n) is 4.03. The average molecular weight is 477 g/mol. The summed E-state index contributed by atoms with van der Waals surface area (Å²) in [5.74, 6) is -0.244. The normalized spacial score (nSPS) is 11.4. The van der Waals surface area contributed by atoms with E-state index in [4.69, 9.17) is 21.3 Å². The third-order valence-electron chi connectivity index (χ3n) is 5.59. The van der Waals surface area contributed by atoms with Crippen LogP contribution in [0.3, 0.4) is 0 Å². The molecule has 5 aromatic rings. The fraction of sp³-hybridized carbons (Fsp3) is 0.200. The van der Waals surface area contributed by atoms with Crippen molar-refractivity contribution in [1.29, 1.82) is 0 Å². The molecule has 0 atom stereocenters. The second-order valence-electron chi connectivity index (χ2n) is 7.81. The highest BCUT2D eigenvalue weighted by molar-refractivity contribution is 7.22. The minimum Gasteiger partial charge on any atom is -0.466 e. The molecule has 0 aliphatic heterocycles. The lowest BCUT2D eigenvalue weighted by atomic mass is 9.93. The van der Waals surface area contributed by atoms with Crippen molar-refractivity contribution in [2.24, 2.45) is 7.05 Å². The van der Waals surface area contributed by atoms with Gasteiger partial charge in [-0.05, 0) is 54.8 Å². The van der Waals surface area contributed by atoms with Gasteiger partial charge in [-0.1, -0.05) is 23.7 Å². The van der Waals surface area contributed by atoms with Crippen LogP contribution in [-0.4, -0.2) is 32.3 Å². The fourth-order valence-corrected chi connectivity index (χ4v) is 5.27. The summed E-state index contributed by atoms with van der Waals surface area (Å²) >= 11 is 7.74. The summed E-state index contributed by atoms with van der Waals surface area (Å²) in [6.45, 7) is 4.18. The summed E-state index contributed by atoms with van der Waals surface area (Å²) in [4.78, 5) is 21.9. The summed E-state index contributed by atoms with van der Waals surface area (Å²) in [5.41, 5.74) is 6.57. The SMILES string of the molecule is CCOC(=O)Cc1c(C)cc2nc(-c3cnc4c(cnn4C)c3)sc2c1-c1ccc(Cl)cc1. The molecule has 0 saturated carbocycles. The molecule has 8 heteroatoms. The van der Waals surface area contributed by atoms with E-state index in [0.717, 1.165) is 54.1 Å². The van der Waals surface area contributed by atoms with Gasteiger partial charge in [0, 0.05) is 34.8 Å². The molecule has 2 aromatic carbocycles. The maximum Gasteiger partial charge on any atom is 0.310 e. The van der Waals surface area contributed by atoms with Gasteiger partial charge in [-0.25, -0.2) is 9.97 Å². The zero-order valence-corrected chi connectivity index (χ0v) is 20.0. The van der Waals surface area contributed by atoms with Gasteiger partial charge in [-0.3, -0.25) is 9.48 Å². The molecule has 0 unspecified atom stereocenters. The third kappa shape index (κ3) is 3.98. The number of hydrogen-bond donors (Lipinski definition) is 0. The molecule has 0 aliphatic rings. The zero-order valence-electron chi connectivity index (χ0n) is 18.4. The lowest BCUT2D eigenvalue weighted by Crippen LogP contribution is -2.09. The van der Waals surface area contributed by atoms with Crippen LogP contribution in [0.2, 0.25) is 5.02 Å². The molecule has 3 heterocycles. The predicted molar refractivity (Wildman–Crippen MR) is 133 cm³/mol. The van der Waals surface area contributed by atoms with Crippen LogP contribution >= 0.6 is 22.9 Å². The second-order valence-corrected chi connectivity index (χ2v) is 9.24. The Hall–Kier alpha value is -3.29. The van der Waals surface area contributed by atoms with E-state index in [1.807, 2.05) is 57.4 Å². The molecule has 3 aromatic heterocycles. The van der Waals surface area contributed by atoms with Crippen molar-refractivity contribution < 1.29 is 9.53 Å². The van der Waals surface area contributed by atoms with Gasteiger partial charge >= 0.3 is 5.97 Å². The highest BCUT2D eigenvalue weighted by atomic mass is 35.5. The number of aromatic nitrogens is 4. The molecule has 0 spiro atoms. The van der Waals surface area contributed by atoms with Crippen LogP contribution in [0.5, 0.6) is 0 Å². The molecular weight excluding hydrogens is 456 g/mol. The van der Waals surface area contributed by atoms with Crippen molar-refractivity contribution >= 4 is 50.2 Å². The maximum atomic E-state index is 12.4. The lowest BCUT2D eigenvalue weighted by Gasteiger charge is -2.14. The topological polar surface area (TPSA) is 69.9 Å². The van der Waals surface area contributed by atoms with Gasteiger partial charge in [-0.15, -0.1) is 11.3 Å². The summed E-state index contributed by atoms with van der Waals surface area (Å²) in [5, 5.41) is 6.78. The zero-order chi connectivity index (χ0) is 23.1. The molecule has 0 radical (unpaired) electrons. The molecule has 0 saturated heterocycles. The van der Waals surface area contributed by atoms with Gasteiger partial charge in [0.05, 0.1) is 29.4 Å². The van der Waals surface area contributed by atoms with E-state index in [9.17, 15) is 4.79 Å². The summed E-state index contributed by atoms with van der Waals surface area (Å²) < 4.78 is 8.02. The van der Waals surface area contributed by atoms with E-state index in [2.05, 4.69) is 16.1 Å². The molecule has 0 aliphatic carbocycles. The average Bonchev–Trinajstić information content (AvgIpc) is 3.38. The number of esters is 1. The van der Waals surface area contributed by atoms with Gasteiger partial charge in [0.25, 0.3) is 0 Å². The van der Waals surface area contributed by atoms with Gasteiger partial charge in [0.1, 0.15) is 5.01 Å². The minimum absolute atomic E-state index is 0.198. The number of aryl methyl sites for hydroxylation is 2. The van der Waals surface area contributed by atoms with Crippen LogP contribution in [0.25, 0.3) is 42.9 Å². The van der Waals surface area contributed by atoms with E-state index in [0.29, 0.717) is 11.6 Å². The van der Waals surface area contributed by atoms with Gasteiger partial charge in [0.2, 0.25) is 0 Å². The van der Waals surface area contributed by atoms with E-state index in [-0.39, 0.29) is 12.4 Å². The highest BCUT2D eigenvalue weighted by Gasteiger charge is 2.20. The Morgan fingerprint density at radius 3 is 2.70 bits per heavy atom. The van der Waals surface area contributed by atoms with Crippen molar-refractivity contribution in [2.45, 2.75) is 20.3 Å². The Kier molecular flexibility index (Phi) is 5.60. The molecule has 166 valence electrons. The van der Waals surface area contributed by atoms with E-state index < -0.39 is 0 Å². The van der Waals surface area contributed by atoms with Crippen molar-refractivity contribution in [2.75, 3.05) is 6.61 Å². The predicted octanol–water partition coefficient (Wildman–Crippen LogP) is 5.98. The number of carbonyl (C=O) groups is 1. The third-order valence-corrected chi connectivity index (χ3v) is 6.98. The quantitative estimate of drug-likeness (QED) is 0.292. The molecule has 5 rings (SSSR count). The van der Waals surface area contributed by atoms with Crippen molar-refractivity contribution in [1.82, 2.24) is 19.7 Å². The van der Waals surface area contributed by atoms with E-state index in [1.165, 1.54) is 0 Å². The Morgan fingerprint density at radius 1 is 1.15 bits per heavy atom. The number of rotatable bonds is 5. The summed E-state index contributed by atoms with van der Waals surface area (Å²) in [6, 6.07) is 11.8. The Balaban J connectivity index is 1.71. The maximum absolute atomic E-state index is 12.4. The van der Waals surface area contributed by atoms with Crippen LogP contribution in [0.1, 0.15) is 18.1 Å². The van der Waals surface area contributed by atoms with E-state index >= 15 is 0 Å². The first-order chi connectivity index (χ1) is 15.9. The number of nitrogens with zero attached hydrogens (tertiary/aromatic N) is 4. The number of pyridine rings is 1. The highest BCUT2D eigenvalue weighted by Crippen LogP contribution is 2.41. The molecular formula is C25H21ClN4O2S. The van der Waals surface area contributed by atoms with Crippen LogP contribution in [0.15, 0.2) is 48.8 Å². The summed E-state index contributed by atoms with van der Waals surface area (Å²) in [7, 11) is 1.87. The Morgan fingerprint density at radius 2 is 1.94 bits per heavy atom. The number of thiazole rings is 1. The minimum atomic E-state index is -0.244. The molecule has 6 nitrogen and oxygen atoms in total. The van der Waals surface area contributed by atoms with Crippen LogP contribution in [0.4, 0.5) is 0 Å². The van der Waals surface area contributed by atoms with Crippen molar-refractivity contribution in [3.8, 4) is 21.7 Å². The van der Waals surface area contributed by atoms with Gasteiger partial charge in [0.15, 0.2) is 5.65 Å². The van der Waals surface area contributed by atoms with Crippen LogP contribution < -0.4 is 0 Å². The lowest BCUT2D eigenvalue weighted by molar-refractivity contribution is -0.142. The van der Waals surface area contributed by atoms with Crippen molar-refractivity contribution in [3.05, 3.63) is 64.9 Å². The first kappa shape index (κ1) is 21.6. The molecule has 0 amide bonds. The van der Waals surface area contributed by atoms with Crippen LogP contribution in [-0.2, 0) is 23.0 Å². The number of fused-ring (bicyclic) bond motifs is 2. The second kappa shape index (κ2) is 8.57. The van der Waals surface area contributed by atoms with Gasteiger partial charge < -0.3 is 4.74 Å². The Bertz CT molecular complexity index is 1500. The van der Waals surface area contributed by atoms with E-state index in [1.54, 1.807) is 22.2 Å². The largest absolute Gasteiger partial charge is 0.466 e. The Labute approximate surface area is 199 Å². The van der Waals surface area contributed by atoms with Crippen LogP contribution in [0, 0.1) is 6.92 Å². The number of carbonyl (C=O) groups excluding carboxylic acids is 1. The number of hydrogen-bond acceptors (Lipinski definition) is 6. The monoisotopic (exact) mass is 476 g/mol. The molecule has 33 heavy (non-hydrogen) atoms. The first-order valence-electron chi connectivity index (χ1n) is 10.6. The van der Waals surface area contributed by atoms with Gasteiger partial charge in [-0.2, -0.15) is 5.10 Å². The standard InChI is InChI=1S/C25H21ClN4O2S/c1-4-32-21(31)11-19-14(2)9-20-23(22(19)15-5-7-18(26)8-6-15)33-25(29-20)17-10-16-13-28-30(3)24(16)27-12-17/h5-10,12-13H,4,11H2,1-3H3. The molecule has 0 N–H and O–H groups in total. The summed E-state index contributed by atoms with van der Waals surface area (Å²) in [6.07, 6.45) is 3.83. The number of halogens is 1. The first-order valence-corrected chi connectivity index (χ1v) is 11.8. The smallest absolute Gasteiger partial charge is 0.310 e. The van der Waals surface area contributed by atoms with Crippen molar-refractivity contribution in [3.63, 3.8) is 0 Å². The number of benzene rings is 2. The molecule has 0 bridgehead atoms. The number of ether oxygens (including phenoxy) is 1. The molecule has 0 fully saturated rings.